The number of carbonyl (C=O) groups is 2. The van der Waals surface area contributed by atoms with Gasteiger partial charge in [0.2, 0.25) is 5.91 Å². The standard InChI is InChI=1S/C11H17N3O3S/c1-2-3-4-9(15)14-8(11(16)17)5-7-10(18)13-6-12-7/h6,8,18H,2-5H2,1H3,(H,12,13)(H,14,15)(H,16,17)/t8-/m0/s1. The van der Waals surface area contributed by atoms with Gasteiger partial charge in [0.1, 0.15) is 11.1 Å². The van der Waals surface area contributed by atoms with E-state index in [0.717, 1.165) is 12.8 Å². The second-order valence-electron chi connectivity index (χ2n) is 3.97. The molecule has 0 aromatic carbocycles. The van der Waals surface area contributed by atoms with Crippen molar-refractivity contribution in [3.8, 4) is 0 Å². The molecule has 1 atom stereocenters. The zero-order valence-electron chi connectivity index (χ0n) is 10.1. The number of imidazole rings is 1. The minimum atomic E-state index is -1.07. The van der Waals surface area contributed by atoms with Crippen molar-refractivity contribution in [3.63, 3.8) is 0 Å². The predicted octanol–water partition coefficient (Wildman–Crippen LogP) is 1.00. The molecule has 100 valence electrons. The Labute approximate surface area is 111 Å². The first-order valence-electron chi connectivity index (χ1n) is 5.78. The van der Waals surface area contributed by atoms with Crippen molar-refractivity contribution in [2.75, 3.05) is 0 Å². The lowest BCUT2D eigenvalue weighted by Crippen LogP contribution is -2.42. The Morgan fingerprint density at radius 3 is 2.83 bits per heavy atom. The topological polar surface area (TPSA) is 95.1 Å². The Kier molecular flexibility index (Phi) is 5.70. The van der Waals surface area contributed by atoms with Crippen LogP contribution in [-0.4, -0.2) is 33.0 Å². The molecule has 3 N–H and O–H groups in total. The highest BCUT2D eigenvalue weighted by Crippen LogP contribution is 2.10. The quantitative estimate of drug-likeness (QED) is 0.556. The van der Waals surface area contributed by atoms with E-state index in [0.29, 0.717) is 17.1 Å². The summed E-state index contributed by atoms with van der Waals surface area (Å²) in [7, 11) is 0. The highest BCUT2D eigenvalue weighted by molar-refractivity contribution is 7.80. The summed E-state index contributed by atoms with van der Waals surface area (Å²) < 4.78 is 0. The summed E-state index contributed by atoms with van der Waals surface area (Å²) in [5, 5.41) is 12.0. The minimum absolute atomic E-state index is 0.145. The molecule has 0 aliphatic heterocycles. The van der Waals surface area contributed by atoms with E-state index in [2.05, 4.69) is 27.9 Å². The molecule has 18 heavy (non-hydrogen) atoms. The van der Waals surface area contributed by atoms with Gasteiger partial charge in [-0.3, -0.25) is 4.79 Å². The number of nitrogens with zero attached hydrogens (tertiary/aromatic N) is 1. The van der Waals surface area contributed by atoms with Crippen molar-refractivity contribution in [1.82, 2.24) is 15.3 Å². The number of amides is 1. The van der Waals surface area contributed by atoms with Crippen LogP contribution in [0.25, 0.3) is 0 Å². The molecule has 0 fully saturated rings. The molecule has 0 bridgehead atoms. The number of rotatable bonds is 7. The number of hydrogen-bond donors (Lipinski definition) is 4. The van der Waals surface area contributed by atoms with Crippen LogP contribution in [0.4, 0.5) is 0 Å². The Balaban J connectivity index is 2.58. The fraction of sp³-hybridized carbons (Fsp3) is 0.545. The van der Waals surface area contributed by atoms with Crippen LogP contribution in [0.1, 0.15) is 31.9 Å². The van der Waals surface area contributed by atoms with Crippen LogP contribution in [0.2, 0.25) is 0 Å². The summed E-state index contributed by atoms with van der Waals surface area (Å²) in [5.74, 6) is -1.31. The fourth-order valence-corrected chi connectivity index (χ4v) is 1.69. The van der Waals surface area contributed by atoms with Gasteiger partial charge in [0, 0.05) is 12.8 Å². The van der Waals surface area contributed by atoms with Crippen molar-refractivity contribution in [3.05, 3.63) is 12.0 Å². The first kappa shape index (κ1) is 14.6. The zero-order chi connectivity index (χ0) is 13.5. The summed E-state index contributed by atoms with van der Waals surface area (Å²) in [6, 6.07) is -0.958. The van der Waals surface area contributed by atoms with Crippen LogP contribution >= 0.6 is 12.6 Å². The van der Waals surface area contributed by atoms with Gasteiger partial charge in [-0.2, -0.15) is 0 Å². The Hall–Kier alpha value is -1.50. The molecule has 0 aliphatic carbocycles. The van der Waals surface area contributed by atoms with E-state index in [-0.39, 0.29) is 12.3 Å². The molecule has 1 amide bonds. The number of carboxylic acid groups (broad SMARTS) is 1. The summed E-state index contributed by atoms with van der Waals surface area (Å²) in [4.78, 5) is 29.2. The molecule has 1 rings (SSSR count). The van der Waals surface area contributed by atoms with Crippen LogP contribution in [-0.2, 0) is 16.0 Å². The number of carboxylic acids is 1. The molecular weight excluding hydrogens is 254 g/mol. The first-order chi connectivity index (χ1) is 8.54. The van der Waals surface area contributed by atoms with Crippen molar-refractivity contribution in [2.45, 2.75) is 43.7 Å². The molecule has 1 heterocycles. The molecule has 0 saturated heterocycles. The van der Waals surface area contributed by atoms with Gasteiger partial charge >= 0.3 is 5.97 Å². The molecule has 0 aliphatic rings. The summed E-state index contributed by atoms with van der Waals surface area (Å²) in [6.45, 7) is 1.97. The van der Waals surface area contributed by atoms with Crippen molar-refractivity contribution >= 4 is 24.5 Å². The largest absolute Gasteiger partial charge is 0.480 e. The van der Waals surface area contributed by atoms with Crippen LogP contribution < -0.4 is 5.32 Å². The number of aromatic nitrogens is 2. The van der Waals surface area contributed by atoms with Crippen molar-refractivity contribution in [2.24, 2.45) is 0 Å². The van der Waals surface area contributed by atoms with Gasteiger partial charge in [0.25, 0.3) is 0 Å². The third-order valence-corrected chi connectivity index (χ3v) is 2.88. The van der Waals surface area contributed by atoms with E-state index < -0.39 is 12.0 Å². The van der Waals surface area contributed by atoms with Gasteiger partial charge in [0.15, 0.2) is 0 Å². The maximum absolute atomic E-state index is 11.5. The summed E-state index contributed by atoms with van der Waals surface area (Å²) in [5.41, 5.74) is 0.599. The van der Waals surface area contributed by atoms with Gasteiger partial charge in [-0.25, -0.2) is 9.78 Å². The van der Waals surface area contributed by atoms with E-state index in [4.69, 9.17) is 5.11 Å². The van der Waals surface area contributed by atoms with E-state index in [1.165, 1.54) is 6.33 Å². The van der Waals surface area contributed by atoms with E-state index in [9.17, 15) is 9.59 Å². The van der Waals surface area contributed by atoms with Gasteiger partial charge in [0.05, 0.1) is 12.0 Å². The molecular formula is C11H17N3O3S. The predicted molar refractivity (Wildman–Crippen MR) is 68.6 cm³/mol. The highest BCUT2D eigenvalue weighted by atomic mass is 32.1. The lowest BCUT2D eigenvalue weighted by Gasteiger charge is -2.13. The first-order valence-corrected chi connectivity index (χ1v) is 6.22. The van der Waals surface area contributed by atoms with Crippen molar-refractivity contribution < 1.29 is 14.7 Å². The summed E-state index contributed by atoms with van der Waals surface area (Å²) >= 11 is 4.09. The smallest absolute Gasteiger partial charge is 0.326 e. The van der Waals surface area contributed by atoms with Gasteiger partial charge < -0.3 is 15.4 Å². The Morgan fingerprint density at radius 1 is 1.61 bits per heavy atom. The van der Waals surface area contributed by atoms with Crippen LogP contribution in [0.3, 0.4) is 0 Å². The normalized spacial score (nSPS) is 12.1. The number of hydrogen-bond acceptors (Lipinski definition) is 4. The summed E-state index contributed by atoms with van der Waals surface area (Å²) in [6.07, 6.45) is 3.57. The lowest BCUT2D eigenvalue weighted by molar-refractivity contribution is -0.141. The molecule has 1 aromatic heterocycles. The molecule has 0 radical (unpaired) electrons. The maximum atomic E-state index is 11.5. The average Bonchev–Trinajstić information content (AvgIpc) is 2.71. The lowest BCUT2D eigenvalue weighted by atomic mass is 10.1. The average molecular weight is 271 g/mol. The van der Waals surface area contributed by atoms with Crippen LogP contribution in [0.5, 0.6) is 0 Å². The van der Waals surface area contributed by atoms with E-state index >= 15 is 0 Å². The SMILES string of the molecule is CCCCC(=O)N[C@@H](Cc1[nH]cnc1S)C(=O)O. The fourth-order valence-electron chi connectivity index (χ4n) is 1.47. The minimum Gasteiger partial charge on any atom is -0.480 e. The molecule has 0 saturated carbocycles. The third-order valence-electron chi connectivity index (χ3n) is 2.49. The van der Waals surface area contributed by atoms with Crippen LogP contribution in [0, 0.1) is 0 Å². The van der Waals surface area contributed by atoms with Crippen LogP contribution in [0.15, 0.2) is 11.4 Å². The molecule has 1 aromatic rings. The number of unbranched alkanes of at least 4 members (excludes halogenated alkanes) is 1. The Bertz CT molecular complexity index is 419. The van der Waals surface area contributed by atoms with Gasteiger partial charge in [-0.05, 0) is 6.42 Å². The van der Waals surface area contributed by atoms with E-state index in [1.807, 2.05) is 6.92 Å². The molecule has 0 spiro atoms. The van der Waals surface area contributed by atoms with Gasteiger partial charge in [-0.15, -0.1) is 12.6 Å². The number of aliphatic carboxylic acids is 1. The van der Waals surface area contributed by atoms with E-state index in [1.54, 1.807) is 0 Å². The second kappa shape index (κ2) is 7.05. The maximum Gasteiger partial charge on any atom is 0.326 e. The number of thiol groups is 1. The molecule has 6 nitrogen and oxygen atoms in total. The van der Waals surface area contributed by atoms with Crippen molar-refractivity contribution in [1.29, 1.82) is 0 Å². The number of carbonyl (C=O) groups excluding carboxylic acids is 1. The molecule has 0 unspecified atom stereocenters. The zero-order valence-corrected chi connectivity index (χ0v) is 11.0. The molecule has 7 heteroatoms. The third kappa shape index (κ3) is 4.40. The number of H-pyrrole nitrogens is 1. The number of aromatic amines is 1. The highest BCUT2D eigenvalue weighted by Gasteiger charge is 2.21. The van der Waals surface area contributed by atoms with Gasteiger partial charge in [-0.1, -0.05) is 13.3 Å². The number of nitrogens with one attached hydrogen (secondary N) is 2. The second-order valence-corrected chi connectivity index (χ2v) is 4.39. The monoisotopic (exact) mass is 271 g/mol. The Morgan fingerprint density at radius 2 is 2.33 bits per heavy atom.